The molecule has 126 valence electrons. The Labute approximate surface area is 135 Å². The Morgan fingerprint density at radius 3 is 2.43 bits per heavy atom. The molecule has 8 nitrogen and oxygen atoms in total. The Balaban J connectivity index is 1.73. The largest absolute Gasteiger partial charge is 0.480 e. The SMILES string of the molecule is Cn1ccnc1CNCCCN(CC(=O)O)Cc1nccn1C. The number of aromatic nitrogens is 4. The average Bonchev–Trinajstić information content (AvgIpc) is 3.07. The van der Waals surface area contributed by atoms with E-state index >= 15 is 0 Å². The van der Waals surface area contributed by atoms with Gasteiger partial charge >= 0.3 is 5.97 Å². The summed E-state index contributed by atoms with van der Waals surface area (Å²) in [6, 6.07) is 0. The first-order valence-electron chi connectivity index (χ1n) is 7.63. The molecule has 0 aliphatic rings. The van der Waals surface area contributed by atoms with Crippen LogP contribution in [0, 0.1) is 0 Å². The van der Waals surface area contributed by atoms with E-state index in [-0.39, 0.29) is 6.54 Å². The topological polar surface area (TPSA) is 88.2 Å². The fourth-order valence-corrected chi connectivity index (χ4v) is 2.35. The summed E-state index contributed by atoms with van der Waals surface area (Å²) in [6.45, 7) is 2.78. The van der Waals surface area contributed by atoms with Crippen molar-refractivity contribution < 1.29 is 9.90 Å². The third kappa shape index (κ3) is 5.50. The third-order valence-electron chi connectivity index (χ3n) is 3.68. The lowest BCUT2D eigenvalue weighted by Crippen LogP contribution is -2.33. The van der Waals surface area contributed by atoms with Crippen molar-refractivity contribution in [2.75, 3.05) is 19.6 Å². The molecule has 0 atom stereocenters. The van der Waals surface area contributed by atoms with Crippen LogP contribution in [0.1, 0.15) is 18.1 Å². The Morgan fingerprint density at radius 1 is 1.22 bits per heavy atom. The fraction of sp³-hybridized carbons (Fsp3) is 0.533. The number of nitrogens with one attached hydrogen (secondary N) is 1. The van der Waals surface area contributed by atoms with E-state index in [4.69, 9.17) is 5.11 Å². The summed E-state index contributed by atoms with van der Waals surface area (Å²) in [5, 5.41) is 12.4. The van der Waals surface area contributed by atoms with Crippen molar-refractivity contribution >= 4 is 5.97 Å². The smallest absolute Gasteiger partial charge is 0.317 e. The number of aliphatic carboxylic acids is 1. The van der Waals surface area contributed by atoms with Crippen molar-refractivity contribution in [2.24, 2.45) is 14.1 Å². The normalized spacial score (nSPS) is 11.3. The Morgan fingerprint density at radius 2 is 1.87 bits per heavy atom. The van der Waals surface area contributed by atoms with Gasteiger partial charge < -0.3 is 19.6 Å². The van der Waals surface area contributed by atoms with Crippen molar-refractivity contribution in [3.63, 3.8) is 0 Å². The molecule has 2 heterocycles. The van der Waals surface area contributed by atoms with E-state index < -0.39 is 5.97 Å². The summed E-state index contributed by atoms with van der Waals surface area (Å²) >= 11 is 0. The highest BCUT2D eigenvalue weighted by molar-refractivity contribution is 5.69. The Kier molecular flexibility index (Phi) is 6.30. The first-order chi connectivity index (χ1) is 11.1. The molecule has 8 heteroatoms. The lowest BCUT2D eigenvalue weighted by molar-refractivity contribution is -0.138. The van der Waals surface area contributed by atoms with Gasteiger partial charge in [0.1, 0.15) is 11.6 Å². The zero-order chi connectivity index (χ0) is 16.7. The minimum absolute atomic E-state index is 0.0201. The number of carboxylic acid groups (broad SMARTS) is 1. The molecule has 0 fully saturated rings. The first-order valence-corrected chi connectivity index (χ1v) is 7.63. The second-order valence-corrected chi connectivity index (χ2v) is 5.54. The van der Waals surface area contributed by atoms with E-state index in [1.165, 1.54) is 0 Å². The van der Waals surface area contributed by atoms with Gasteiger partial charge in [0.15, 0.2) is 0 Å². The predicted molar refractivity (Wildman–Crippen MR) is 85.7 cm³/mol. The molecule has 23 heavy (non-hydrogen) atoms. The first kappa shape index (κ1) is 17.2. The van der Waals surface area contributed by atoms with Crippen LogP contribution in [0.15, 0.2) is 24.8 Å². The summed E-state index contributed by atoms with van der Waals surface area (Å²) in [4.78, 5) is 21.4. The monoisotopic (exact) mass is 320 g/mol. The second-order valence-electron chi connectivity index (χ2n) is 5.54. The second kappa shape index (κ2) is 8.44. The van der Waals surface area contributed by atoms with Gasteiger partial charge in [-0.25, -0.2) is 9.97 Å². The van der Waals surface area contributed by atoms with E-state index in [0.29, 0.717) is 19.6 Å². The number of hydrogen-bond acceptors (Lipinski definition) is 5. The van der Waals surface area contributed by atoms with Crippen LogP contribution in [0.4, 0.5) is 0 Å². The number of imidazole rings is 2. The van der Waals surface area contributed by atoms with Crippen LogP contribution in [0.25, 0.3) is 0 Å². The highest BCUT2D eigenvalue weighted by Crippen LogP contribution is 2.02. The van der Waals surface area contributed by atoms with Crippen LogP contribution < -0.4 is 5.32 Å². The number of hydrogen-bond donors (Lipinski definition) is 2. The molecule has 0 aliphatic heterocycles. The maximum atomic E-state index is 11.0. The summed E-state index contributed by atoms with van der Waals surface area (Å²) in [6.07, 6.45) is 8.14. The van der Waals surface area contributed by atoms with Crippen molar-refractivity contribution in [1.29, 1.82) is 0 Å². The molecule has 0 spiro atoms. The molecule has 2 rings (SSSR count). The molecule has 0 saturated heterocycles. The van der Waals surface area contributed by atoms with Gasteiger partial charge in [0, 0.05) is 45.4 Å². The van der Waals surface area contributed by atoms with E-state index in [1.54, 1.807) is 12.4 Å². The summed E-state index contributed by atoms with van der Waals surface area (Å²) in [5.41, 5.74) is 0. The molecule has 0 bridgehead atoms. The van der Waals surface area contributed by atoms with E-state index in [2.05, 4.69) is 15.3 Å². The highest BCUT2D eigenvalue weighted by Gasteiger charge is 2.12. The standard InChI is InChI=1S/C15H24N6O2/c1-19-8-5-17-13(19)10-16-4-3-7-21(12-15(22)23)11-14-18-6-9-20(14)2/h5-6,8-9,16H,3-4,7,10-12H2,1-2H3,(H,22,23). The van der Waals surface area contributed by atoms with E-state index in [1.807, 2.05) is 40.5 Å². The number of nitrogens with zero attached hydrogens (tertiary/aromatic N) is 5. The van der Waals surface area contributed by atoms with Crippen LogP contribution in [-0.2, 0) is 32.0 Å². The number of carbonyl (C=O) groups is 1. The Bertz CT molecular complexity index is 621. The van der Waals surface area contributed by atoms with Gasteiger partial charge in [0.05, 0.1) is 19.6 Å². The quantitative estimate of drug-likeness (QED) is 0.609. The maximum absolute atomic E-state index is 11.0. The highest BCUT2D eigenvalue weighted by atomic mass is 16.4. The van der Waals surface area contributed by atoms with Crippen molar-refractivity contribution in [2.45, 2.75) is 19.5 Å². The fourth-order valence-electron chi connectivity index (χ4n) is 2.35. The van der Waals surface area contributed by atoms with Gasteiger partial charge in [-0.2, -0.15) is 0 Å². The lowest BCUT2D eigenvalue weighted by Gasteiger charge is -2.20. The van der Waals surface area contributed by atoms with Crippen LogP contribution in [0.3, 0.4) is 0 Å². The van der Waals surface area contributed by atoms with E-state index in [0.717, 1.165) is 24.6 Å². The van der Waals surface area contributed by atoms with Gasteiger partial charge in [0.2, 0.25) is 0 Å². The minimum Gasteiger partial charge on any atom is -0.480 e. The molecule has 0 aliphatic carbocycles. The molecule has 2 N–H and O–H groups in total. The molecule has 0 aromatic carbocycles. The molecule has 0 saturated carbocycles. The van der Waals surface area contributed by atoms with Crippen molar-refractivity contribution in [3.8, 4) is 0 Å². The molecule has 2 aromatic rings. The van der Waals surface area contributed by atoms with Gasteiger partial charge in [-0.1, -0.05) is 0 Å². The average molecular weight is 320 g/mol. The van der Waals surface area contributed by atoms with Crippen LogP contribution in [0.5, 0.6) is 0 Å². The summed E-state index contributed by atoms with van der Waals surface area (Å²) < 4.78 is 3.89. The minimum atomic E-state index is -0.819. The Hall–Kier alpha value is -2.19. The van der Waals surface area contributed by atoms with Gasteiger partial charge in [-0.3, -0.25) is 9.69 Å². The number of rotatable bonds is 10. The predicted octanol–water partition coefficient (Wildman–Crippen LogP) is 0.220. The molecule has 0 amide bonds. The van der Waals surface area contributed by atoms with Crippen molar-refractivity contribution in [3.05, 3.63) is 36.4 Å². The zero-order valence-corrected chi connectivity index (χ0v) is 13.6. The molecule has 0 unspecified atom stereocenters. The van der Waals surface area contributed by atoms with Crippen LogP contribution >= 0.6 is 0 Å². The van der Waals surface area contributed by atoms with E-state index in [9.17, 15) is 4.79 Å². The molecular weight excluding hydrogens is 296 g/mol. The molecule has 2 aromatic heterocycles. The van der Waals surface area contributed by atoms with Gasteiger partial charge in [-0.05, 0) is 13.0 Å². The third-order valence-corrected chi connectivity index (χ3v) is 3.68. The summed E-state index contributed by atoms with van der Waals surface area (Å²) in [5.74, 6) is 1.04. The van der Waals surface area contributed by atoms with Gasteiger partial charge in [0.25, 0.3) is 0 Å². The lowest BCUT2D eigenvalue weighted by atomic mass is 10.3. The summed E-state index contributed by atoms with van der Waals surface area (Å²) in [7, 11) is 3.88. The number of carboxylic acids is 1. The molecule has 0 radical (unpaired) electrons. The zero-order valence-electron chi connectivity index (χ0n) is 13.6. The van der Waals surface area contributed by atoms with Crippen molar-refractivity contribution in [1.82, 2.24) is 29.3 Å². The van der Waals surface area contributed by atoms with Crippen LogP contribution in [-0.4, -0.2) is 54.7 Å². The molecular formula is C15H24N6O2. The number of aryl methyl sites for hydroxylation is 2. The maximum Gasteiger partial charge on any atom is 0.317 e. The van der Waals surface area contributed by atoms with Crippen LogP contribution in [0.2, 0.25) is 0 Å². The van der Waals surface area contributed by atoms with Gasteiger partial charge in [-0.15, -0.1) is 0 Å².